The molecule has 1 heterocycles. The molecule has 0 bridgehead atoms. The van der Waals surface area contributed by atoms with Crippen molar-refractivity contribution in [1.29, 1.82) is 0 Å². The van der Waals surface area contributed by atoms with Gasteiger partial charge in [-0.05, 0) is 6.42 Å². The van der Waals surface area contributed by atoms with Crippen LogP contribution in [0.2, 0.25) is 0 Å². The quantitative estimate of drug-likeness (QED) is 0.338. The Morgan fingerprint density at radius 1 is 1.56 bits per heavy atom. The highest BCUT2D eigenvalue weighted by Gasteiger charge is 2.06. The van der Waals surface area contributed by atoms with Gasteiger partial charge in [-0.25, -0.2) is 0 Å². The molecule has 9 heavy (non-hydrogen) atoms. The van der Waals surface area contributed by atoms with Crippen LogP contribution in [0.1, 0.15) is 6.42 Å². The van der Waals surface area contributed by atoms with E-state index in [0.717, 1.165) is 13.0 Å². The van der Waals surface area contributed by atoms with Crippen molar-refractivity contribution in [3.05, 3.63) is 12.2 Å². The first-order chi connectivity index (χ1) is 4.30. The smallest absolute Gasteiger partial charge is 0.200 e. The molecule has 0 saturated carbocycles. The van der Waals surface area contributed by atoms with Gasteiger partial charge in [-0.1, -0.05) is 12.2 Å². The minimum absolute atomic E-state index is 0.320. The molecule has 1 aliphatic heterocycles. The molecule has 0 aromatic heterocycles. The van der Waals surface area contributed by atoms with Gasteiger partial charge < -0.3 is 4.90 Å². The number of hydrogen-bond donors (Lipinski definition) is 0. The molecule has 1 aliphatic rings. The van der Waals surface area contributed by atoms with E-state index in [4.69, 9.17) is 7.85 Å². The van der Waals surface area contributed by atoms with E-state index in [-0.39, 0.29) is 5.81 Å². The summed E-state index contributed by atoms with van der Waals surface area (Å²) in [4.78, 5) is 12.1. The van der Waals surface area contributed by atoms with Crippen molar-refractivity contribution in [2.45, 2.75) is 6.42 Å². The second kappa shape index (κ2) is 2.71. The lowest BCUT2D eigenvalue weighted by atomic mass is 10.1. The highest BCUT2D eigenvalue weighted by Crippen LogP contribution is 1.99. The summed E-state index contributed by atoms with van der Waals surface area (Å²) >= 11 is 0. The van der Waals surface area contributed by atoms with Crippen molar-refractivity contribution < 1.29 is 4.79 Å². The van der Waals surface area contributed by atoms with Crippen molar-refractivity contribution in [2.75, 3.05) is 13.1 Å². The number of carbonyl (C=O) groups is 1. The van der Waals surface area contributed by atoms with Crippen LogP contribution in [0.4, 0.5) is 4.79 Å². The van der Waals surface area contributed by atoms with Crippen molar-refractivity contribution in [2.24, 2.45) is 0 Å². The second-order valence-electron chi connectivity index (χ2n) is 2.04. The van der Waals surface area contributed by atoms with Crippen molar-refractivity contribution >= 4 is 13.7 Å². The van der Waals surface area contributed by atoms with E-state index < -0.39 is 0 Å². The van der Waals surface area contributed by atoms with Crippen molar-refractivity contribution in [3.8, 4) is 0 Å². The highest BCUT2D eigenvalue weighted by molar-refractivity contribution is 6.56. The minimum Gasteiger partial charge on any atom is -0.349 e. The Balaban J connectivity index is 2.44. The molecule has 0 fully saturated rings. The molecule has 0 atom stereocenters. The van der Waals surface area contributed by atoms with Gasteiger partial charge in [-0.15, -0.1) is 0 Å². The summed E-state index contributed by atoms with van der Waals surface area (Å²) < 4.78 is 0. The summed E-state index contributed by atoms with van der Waals surface area (Å²) in [6.07, 6.45) is 4.94. The molecule has 0 N–H and O–H groups in total. The zero-order valence-electron chi connectivity index (χ0n) is 5.21. The van der Waals surface area contributed by atoms with Crippen LogP contribution in [-0.2, 0) is 0 Å². The SMILES string of the molecule is [B]C(=O)N1CC=CCC1. The van der Waals surface area contributed by atoms with E-state index in [1.54, 1.807) is 4.90 Å². The maximum atomic E-state index is 10.5. The van der Waals surface area contributed by atoms with Crippen LogP contribution in [0.15, 0.2) is 12.2 Å². The Bertz CT molecular complexity index is 144. The van der Waals surface area contributed by atoms with Crippen LogP contribution < -0.4 is 0 Å². The van der Waals surface area contributed by atoms with Gasteiger partial charge in [-0.3, -0.25) is 4.79 Å². The molecule has 0 aromatic rings. The monoisotopic (exact) mass is 121 g/mol. The third-order valence-electron chi connectivity index (χ3n) is 1.37. The first-order valence-corrected chi connectivity index (χ1v) is 3.00. The van der Waals surface area contributed by atoms with Crippen LogP contribution in [-0.4, -0.2) is 31.6 Å². The second-order valence-corrected chi connectivity index (χ2v) is 2.04. The van der Waals surface area contributed by atoms with E-state index in [2.05, 4.69) is 6.08 Å². The lowest BCUT2D eigenvalue weighted by Gasteiger charge is -2.21. The summed E-state index contributed by atoms with van der Waals surface area (Å²) in [5.41, 5.74) is 0. The fourth-order valence-corrected chi connectivity index (χ4v) is 0.841. The zero-order chi connectivity index (χ0) is 6.69. The van der Waals surface area contributed by atoms with Gasteiger partial charge >= 0.3 is 0 Å². The molecule has 1 amide bonds. The van der Waals surface area contributed by atoms with E-state index in [0.29, 0.717) is 6.54 Å². The summed E-state index contributed by atoms with van der Waals surface area (Å²) in [5, 5.41) is 0. The molecule has 3 heteroatoms. The van der Waals surface area contributed by atoms with E-state index >= 15 is 0 Å². The Kier molecular flexibility index (Phi) is 1.93. The van der Waals surface area contributed by atoms with Crippen molar-refractivity contribution in [1.82, 2.24) is 4.90 Å². The van der Waals surface area contributed by atoms with Gasteiger partial charge in [0.1, 0.15) is 0 Å². The third-order valence-corrected chi connectivity index (χ3v) is 1.37. The van der Waals surface area contributed by atoms with Gasteiger partial charge in [0.25, 0.3) is 0 Å². The number of carbonyl (C=O) groups excluding carboxylic acids is 1. The van der Waals surface area contributed by atoms with E-state index in [9.17, 15) is 4.79 Å². The number of hydrogen-bond acceptors (Lipinski definition) is 1. The first kappa shape index (κ1) is 6.40. The standard InChI is InChI=1S/C6H8BNO/c7-6(9)8-4-2-1-3-5-8/h1-2H,3-5H2. The van der Waals surface area contributed by atoms with Crippen LogP contribution >= 0.6 is 0 Å². The summed E-state index contributed by atoms with van der Waals surface area (Å²) in [7, 11) is 5.02. The van der Waals surface area contributed by atoms with Crippen molar-refractivity contribution in [3.63, 3.8) is 0 Å². The molecule has 2 nitrogen and oxygen atoms in total. The van der Waals surface area contributed by atoms with Gasteiger partial charge in [-0.2, -0.15) is 0 Å². The molecule has 0 saturated heterocycles. The van der Waals surface area contributed by atoms with Crippen LogP contribution in [0, 0.1) is 0 Å². The normalized spacial score (nSPS) is 18.0. The van der Waals surface area contributed by atoms with Gasteiger partial charge in [0.2, 0.25) is 7.85 Å². The minimum atomic E-state index is -0.320. The predicted molar refractivity (Wildman–Crippen MR) is 36.5 cm³/mol. The number of nitrogens with zero attached hydrogens (tertiary/aromatic N) is 1. The largest absolute Gasteiger partial charge is 0.349 e. The molecule has 0 spiro atoms. The summed E-state index contributed by atoms with van der Waals surface area (Å²) in [5.74, 6) is -0.320. The van der Waals surface area contributed by atoms with Gasteiger partial charge in [0, 0.05) is 13.1 Å². The van der Waals surface area contributed by atoms with E-state index in [1.807, 2.05) is 6.08 Å². The fraction of sp³-hybridized carbons (Fsp3) is 0.500. The maximum Gasteiger partial charge on any atom is 0.200 e. The third kappa shape index (κ3) is 1.59. The molecule has 0 aliphatic carbocycles. The molecular formula is C6H8BNO. The lowest BCUT2D eigenvalue weighted by molar-refractivity contribution is 0.226. The molecule has 0 unspecified atom stereocenters. The molecule has 0 aromatic carbocycles. The average Bonchev–Trinajstić information content (AvgIpc) is 1.90. The van der Waals surface area contributed by atoms with E-state index in [1.165, 1.54) is 0 Å². The Morgan fingerprint density at radius 3 is 2.67 bits per heavy atom. The Morgan fingerprint density at radius 2 is 2.33 bits per heavy atom. The molecular weight excluding hydrogens is 113 g/mol. The Hall–Kier alpha value is -0.725. The first-order valence-electron chi connectivity index (χ1n) is 3.00. The summed E-state index contributed by atoms with van der Waals surface area (Å²) in [6, 6.07) is 0. The van der Waals surface area contributed by atoms with Gasteiger partial charge in [0.05, 0.1) is 0 Å². The highest BCUT2D eigenvalue weighted by atomic mass is 16.1. The maximum absolute atomic E-state index is 10.5. The number of rotatable bonds is 0. The molecule has 46 valence electrons. The molecule has 1 rings (SSSR count). The molecule has 2 radical (unpaired) electrons. The van der Waals surface area contributed by atoms with Crippen LogP contribution in [0.25, 0.3) is 0 Å². The zero-order valence-corrected chi connectivity index (χ0v) is 5.21. The average molecular weight is 121 g/mol. The predicted octanol–water partition coefficient (Wildman–Crippen LogP) is 0.537. The van der Waals surface area contributed by atoms with Gasteiger partial charge in [0.15, 0.2) is 5.81 Å². The van der Waals surface area contributed by atoms with Crippen LogP contribution in [0.3, 0.4) is 0 Å². The number of amides is 1. The fourth-order valence-electron chi connectivity index (χ4n) is 0.841. The van der Waals surface area contributed by atoms with Crippen LogP contribution in [0.5, 0.6) is 0 Å². The Labute approximate surface area is 55.9 Å². The lowest BCUT2D eigenvalue weighted by Crippen LogP contribution is -2.32. The topological polar surface area (TPSA) is 20.3 Å². The summed E-state index contributed by atoms with van der Waals surface area (Å²) in [6.45, 7) is 1.45.